The smallest absolute Gasteiger partial charge is 0.229 e. The number of ether oxygens (including phenoxy) is 3. The average Bonchev–Trinajstić information content (AvgIpc) is 3.13. The minimum absolute atomic E-state index is 0.0451. The Balaban J connectivity index is 1.89. The number of hydrogen-bond donors (Lipinski definition) is 1. The van der Waals surface area contributed by atoms with Gasteiger partial charge in [0.2, 0.25) is 11.8 Å². The molecule has 2 heterocycles. The quantitative estimate of drug-likeness (QED) is 0.645. The van der Waals surface area contributed by atoms with Crippen molar-refractivity contribution < 1.29 is 14.2 Å². The van der Waals surface area contributed by atoms with Gasteiger partial charge in [-0.2, -0.15) is 10.4 Å². The number of nitrogens with two attached hydrogens (primary N) is 1. The third-order valence-corrected chi connectivity index (χ3v) is 5.07. The highest BCUT2D eigenvalue weighted by Gasteiger charge is 2.36. The highest BCUT2D eigenvalue weighted by molar-refractivity contribution is 5.59. The first kappa shape index (κ1) is 19.9. The summed E-state index contributed by atoms with van der Waals surface area (Å²) in [6.45, 7) is 2.00. The van der Waals surface area contributed by atoms with E-state index in [2.05, 4.69) is 17.1 Å². The van der Waals surface area contributed by atoms with Crippen molar-refractivity contribution >= 4 is 0 Å². The molecule has 1 aliphatic rings. The Hall–Kier alpha value is -4.36. The fourth-order valence-corrected chi connectivity index (χ4v) is 3.69. The molecule has 1 aliphatic heterocycles. The molecule has 1 atom stereocenters. The summed E-state index contributed by atoms with van der Waals surface area (Å²) in [5.41, 5.74) is 9.61. The average molecular weight is 412 g/mol. The molecule has 1 aromatic heterocycles. The molecule has 3 aromatic rings. The Morgan fingerprint density at radius 3 is 2.68 bits per heavy atom. The molecule has 0 saturated heterocycles. The van der Waals surface area contributed by atoms with Crippen LogP contribution in [-0.2, 0) is 0 Å². The molecule has 0 radical (unpaired) electrons. The molecule has 0 fully saturated rings. The van der Waals surface area contributed by atoms with Gasteiger partial charge in [-0.25, -0.2) is 4.68 Å². The second-order valence-corrected chi connectivity index (χ2v) is 6.88. The van der Waals surface area contributed by atoms with Crippen LogP contribution in [0, 0.1) is 30.6 Å². The van der Waals surface area contributed by atoms with Crippen molar-refractivity contribution in [2.45, 2.75) is 12.8 Å². The van der Waals surface area contributed by atoms with E-state index in [9.17, 15) is 5.26 Å². The van der Waals surface area contributed by atoms with Crippen LogP contribution in [0.25, 0.3) is 5.69 Å². The fraction of sp³-hybridized carbons (Fsp3) is 0.167. The lowest BCUT2D eigenvalue weighted by Crippen LogP contribution is -2.22. The van der Waals surface area contributed by atoms with Gasteiger partial charge in [-0.1, -0.05) is 30.2 Å². The van der Waals surface area contributed by atoms with Crippen LogP contribution in [0.1, 0.15) is 22.7 Å². The molecule has 0 bridgehead atoms. The summed E-state index contributed by atoms with van der Waals surface area (Å²) in [5.74, 6) is 3.51. The summed E-state index contributed by atoms with van der Waals surface area (Å²) in [6, 6.07) is 17.2. The number of terminal acetylenes is 1. The molecule has 0 aliphatic carbocycles. The number of nitriles is 1. The summed E-state index contributed by atoms with van der Waals surface area (Å²) < 4.78 is 18.6. The van der Waals surface area contributed by atoms with Crippen LogP contribution in [0.3, 0.4) is 0 Å². The van der Waals surface area contributed by atoms with E-state index in [1.807, 2.05) is 49.4 Å². The lowest BCUT2D eigenvalue weighted by molar-refractivity contribution is 0.330. The van der Waals surface area contributed by atoms with Gasteiger partial charge in [0.15, 0.2) is 11.5 Å². The number of nitrogens with zero attached hydrogens (tertiary/aromatic N) is 3. The zero-order valence-corrected chi connectivity index (χ0v) is 17.1. The van der Waals surface area contributed by atoms with Crippen LogP contribution < -0.4 is 19.9 Å². The maximum atomic E-state index is 9.86. The van der Waals surface area contributed by atoms with Crippen LogP contribution >= 0.6 is 0 Å². The highest BCUT2D eigenvalue weighted by atomic mass is 16.5. The van der Waals surface area contributed by atoms with Gasteiger partial charge in [-0.15, -0.1) is 6.42 Å². The number of rotatable bonds is 5. The third kappa shape index (κ3) is 3.43. The Labute approximate surface area is 180 Å². The van der Waals surface area contributed by atoms with Gasteiger partial charge in [0.05, 0.1) is 30.0 Å². The van der Waals surface area contributed by atoms with Gasteiger partial charge in [0.25, 0.3) is 0 Å². The first-order valence-electron chi connectivity index (χ1n) is 9.55. The summed E-state index contributed by atoms with van der Waals surface area (Å²) in [5, 5.41) is 14.5. The van der Waals surface area contributed by atoms with Crippen LogP contribution in [-0.4, -0.2) is 23.5 Å². The van der Waals surface area contributed by atoms with E-state index in [1.54, 1.807) is 17.9 Å². The van der Waals surface area contributed by atoms with Gasteiger partial charge in [0.1, 0.15) is 18.2 Å². The van der Waals surface area contributed by atoms with E-state index in [4.69, 9.17) is 26.4 Å². The van der Waals surface area contributed by atoms with Crippen molar-refractivity contribution in [2.24, 2.45) is 5.73 Å². The third-order valence-electron chi connectivity index (χ3n) is 5.07. The summed E-state index contributed by atoms with van der Waals surface area (Å²) in [4.78, 5) is 0. The summed E-state index contributed by atoms with van der Waals surface area (Å²) in [6.07, 6.45) is 5.29. The molecule has 4 rings (SSSR count). The lowest BCUT2D eigenvalue weighted by Gasteiger charge is -2.25. The first-order chi connectivity index (χ1) is 15.1. The molecular formula is C24H20N4O3. The van der Waals surface area contributed by atoms with E-state index >= 15 is 0 Å². The Morgan fingerprint density at radius 1 is 1.23 bits per heavy atom. The maximum absolute atomic E-state index is 9.86. The zero-order valence-electron chi connectivity index (χ0n) is 17.1. The molecule has 0 spiro atoms. The van der Waals surface area contributed by atoms with Crippen molar-refractivity contribution in [1.29, 1.82) is 5.26 Å². The largest absolute Gasteiger partial charge is 0.493 e. The number of para-hydroxylation sites is 1. The van der Waals surface area contributed by atoms with Crippen molar-refractivity contribution in [3.63, 3.8) is 0 Å². The number of allylic oxidation sites excluding steroid dienone is 1. The number of methoxy groups -OCH3 is 1. The van der Waals surface area contributed by atoms with Crippen LogP contribution in [0.15, 0.2) is 60.0 Å². The van der Waals surface area contributed by atoms with E-state index in [-0.39, 0.29) is 12.5 Å². The molecule has 0 amide bonds. The van der Waals surface area contributed by atoms with Gasteiger partial charge in [-0.05, 0) is 36.8 Å². The minimum Gasteiger partial charge on any atom is -0.493 e. The maximum Gasteiger partial charge on any atom is 0.229 e. The minimum atomic E-state index is -0.471. The molecule has 0 saturated carbocycles. The van der Waals surface area contributed by atoms with Crippen molar-refractivity contribution in [3.05, 3.63) is 76.8 Å². The number of benzene rings is 2. The van der Waals surface area contributed by atoms with Crippen LogP contribution in [0.4, 0.5) is 0 Å². The number of hydrogen-bond acceptors (Lipinski definition) is 6. The Bertz CT molecular complexity index is 1250. The lowest BCUT2D eigenvalue weighted by atomic mass is 9.84. The van der Waals surface area contributed by atoms with Crippen molar-refractivity contribution in [2.75, 3.05) is 13.7 Å². The van der Waals surface area contributed by atoms with E-state index in [0.717, 1.165) is 22.5 Å². The monoisotopic (exact) mass is 412 g/mol. The summed E-state index contributed by atoms with van der Waals surface area (Å²) in [7, 11) is 1.55. The predicted octanol–water partition coefficient (Wildman–Crippen LogP) is 3.42. The van der Waals surface area contributed by atoms with Crippen LogP contribution in [0.5, 0.6) is 17.4 Å². The Morgan fingerprint density at radius 2 is 2.00 bits per heavy atom. The van der Waals surface area contributed by atoms with Crippen LogP contribution in [0.2, 0.25) is 0 Å². The summed E-state index contributed by atoms with van der Waals surface area (Å²) >= 11 is 0. The first-order valence-corrected chi connectivity index (χ1v) is 9.55. The zero-order chi connectivity index (χ0) is 22.0. The number of aromatic nitrogens is 2. The van der Waals surface area contributed by atoms with E-state index in [0.29, 0.717) is 23.0 Å². The van der Waals surface area contributed by atoms with Gasteiger partial charge in [-0.3, -0.25) is 0 Å². The standard InChI is InChI=1S/C24H20N4O3/c1-4-12-30-19-11-10-16(13-20(19)29-3)22-18(14-25)23(26)31-24-21(22)15(2)27-28(24)17-8-6-5-7-9-17/h1,5-11,13,22H,12,26H2,2-3H3. The van der Waals surface area contributed by atoms with Gasteiger partial charge in [0, 0.05) is 0 Å². The number of aryl methyl sites for hydroxylation is 1. The van der Waals surface area contributed by atoms with Gasteiger partial charge >= 0.3 is 0 Å². The molecule has 154 valence electrons. The molecule has 7 heteroatoms. The number of fused-ring (bicyclic) bond motifs is 1. The molecule has 7 nitrogen and oxygen atoms in total. The van der Waals surface area contributed by atoms with Crippen molar-refractivity contribution in [1.82, 2.24) is 9.78 Å². The predicted molar refractivity (Wildman–Crippen MR) is 115 cm³/mol. The fourth-order valence-electron chi connectivity index (χ4n) is 3.69. The van der Waals surface area contributed by atoms with Gasteiger partial charge < -0.3 is 19.9 Å². The molecule has 2 N–H and O–H groups in total. The normalized spacial score (nSPS) is 14.8. The van der Waals surface area contributed by atoms with E-state index in [1.165, 1.54) is 0 Å². The second-order valence-electron chi connectivity index (χ2n) is 6.88. The van der Waals surface area contributed by atoms with E-state index < -0.39 is 5.92 Å². The molecular weight excluding hydrogens is 392 g/mol. The molecule has 31 heavy (non-hydrogen) atoms. The topological polar surface area (TPSA) is 95.3 Å². The second kappa shape index (κ2) is 8.17. The van der Waals surface area contributed by atoms with Crippen molar-refractivity contribution in [3.8, 4) is 41.5 Å². The molecule has 1 unspecified atom stereocenters. The highest BCUT2D eigenvalue weighted by Crippen LogP contribution is 2.46. The Kier molecular flexibility index (Phi) is 5.26. The SMILES string of the molecule is C#CCOc1ccc(C2C(C#N)=C(N)Oc3c2c(C)nn3-c2ccccc2)cc1OC. The molecule has 2 aromatic carbocycles.